The molecule has 4 nitrogen and oxygen atoms in total. The summed E-state index contributed by atoms with van der Waals surface area (Å²) >= 11 is 6.00. The van der Waals surface area contributed by atoms with Gasteiger partial charge in [-0.3, -0.25) is 0 Å². The van der Waals surface area contributed by atoms with E-state index < -0.39 is 6.10 Å². The van der Waals surface area contributed by atoms with E-state index >= 15 is 0 Å². The molecular weight excluding hydrogens is 292 g/mol. The van der Waals surface area contributed by atoms with Crippen molar-refractivity contribution in [2.45, 2.75) is 6.10 Å². The third-order valence-corrected chi connectivity index (χ3v) is 3.53. The molecule has 0 aliphatic carbocycles. The minimum atomic E-state index is -0.874. The lowest BCUT2D eigenvalue weighted by Crippen LogP contribution is -2.04. The molecule has 0 aliphatic rings. The van der Waals surface area contributed by atoms with Crippen LogP contribution in [0.2, 0.25) is 5.02 Å². The zero-order valence-electron chi connectivity index (χ0n) is 12.1. The molecule has 0 spiro atoms. The van der Waals surface area contributed by atoms with Gasteiger partial charge in [-0.15, -0.1) is 0 Å². The number of rotatable bonds is 5. The predicted octanol–water partition coefficient (Wildman–Crippen LogP) is 3.45. The molecule has 1 atom stereocenters. The lowest BCUT2D eigenvalue weighted by Gasteiger charge is -2.18. The van der Waals surface area contributed by atoms with E-state index in [0.29, 0.717) is 33.4 Å². The highest BCUT2D eigenvalue weighted by Crippen LogP contribution is 2.38. The number of hydrogen-bond donors (Lipinski definition) is 1. The van der Waals surface area contributed by atoms with E-state index in [1.807, 2.05) is 0 Å². The molecule has 2 rings (SSSR count). The lowest BCUT2D eigenvalue weighted by molar-refractivity contribution is 0.212. The van der Waals surface area contributed by atoms with E-state index in [1.165, 1.54) is 14.2 Å². The molecule has 112 valence electrons. The van der Waals surface area contributed by atoms with Crippen LogP contribution >= 0.6 is 11.6 Å². The summed E-state index contributed by atoms with van der Waals surface area (Å²) < 4.78 is 15.8. The maximum Gasteiger partial charge on any atom is 0.166 e. The summed E-state index contributed by atoms with van der Waals surface area (Å²) in [7, 11) is 4.62. The van der Waals surface area contributed by atoms with Gasteiger partial charge < -0.3 is 19.3 Å². The molecule has 0 heterocycles. The second-order valence-corrected chi connectivity index (χ2v) is 4.79. The summed E-state index contributed by atoms with van der Waals surface area (Å²) in [6, 6.07) is 10.5. The summed E-state index contributed by atoms with van der Waals surface area (Å²) in [5, 5.41) is 11.1. The van der Waals surface area contributed by atoms with Crippen molar-refractivity contribution >= 4 is 11.6 Å². The maximum absolute atomic E-state index is 10.6. The molecule has 21 heavy (non-hydrogen) atoms. The highest BCUT2D eigenvalue weighted by atomic mass is 35.5. The van der Waals surface area contributed by atoms with Crippen molar-refractivity contribution in [3.8, 4) is 17.2 Å². The van der Waals surface area contributed by atoms with Gasteiger partial charge in [-0.2, -0.15) is 0 Å². The Hall–Kier alpha value is -1.91. The molecule has 0 aliphatic heterocycles. The summed E-state index contributed by atoms with van der Waals surface area (Å²) in [6.07, 6.45) is -0.874. The SMILES string of the molecule is COc1cc(C(O)c2cccc(OC)c2OC)ccc1Cl. The van der Waals surface area contributed by atoms with Crippen LogP contribution in [0.3, 0.4) is 0 Å². The summed E-state index contributed by atoms with van der Waals surface area (Å²) in [5.74, 6) is 1.58. The third kappa shape index (κ3) is 3.06. The monoisotopic (exact) mass is 308 g/mol. The van der Waals surface area contributed by atoms with Gasteiger partial charge in [-0.1, -0.05) is 29.8 Å². The van der Waals surface area contributed by atoms with Crippen LogP contribution in [0.5, 0.6) is 17.2 Å². The van der Waals surface area contributed by atoms with Crippen LogP contribution in [0, 0.1) is 0 Å². The molecule has 1 N–H and O–H groups in total. The number of aliphatic hydroxyl groups is 1. The predicted molar refractivity (Wildman–Crippen MR) is 81.6 cm³/mol. The van der Waals surface area contributed by atoms with Crippen molar-refractivity contribution in [2.24, 2.45) is 0 Å². The van der Waals surface area contributed by atoms with Gasteiger partial charge in [0.05, 0.1) is 26.4 Å². The van der Waals surface area contributed by atoms with Crippen molar-refractivity contribution in [1.29, 1.82) is 0 Å². The van der Waals surface area contributed by atoms with Gasteiger partial charge in [0.2, 0.25) is 0 Å². The Balaban J connectivity index is 2.47. The molecule has 0 saturated carbocycles. The molecular formula is C16H17ClO4. The van der Waals surface area contributed by atoms with E-state index in [-0.39, 0.29) is 0 Å². The molecule has 0 aromatic heterocycles. The van der Waals surface area contributed by atoms with Crippen LogP contribution in [-0.2, 0) is 0 Å². The average molecular weight is 309 g/mol. The molecule has 0 radical (unpaired) electrons. The molecule has 0 bridgehead atoms. The van der Waals surface area contributed by atoms with Crippen molar-refractivity contribution in [3.63, 3.8) is 0 Å². The highest BCUT2D eigenvalue weighted by Gasteiger charge is 2.19. The van der Waals surface area contributed by atoms with Crippen LogP contribution in [0.1, 0.15) is 17.2 Å². The van der Waals surface area contributed by atoms with Crippen LogP contribution < -0.4 is 14.2 Å². The highest BCUT2D eigenvalue weighted by molar-refractivity contribution is 6.32. The fourth-order valence-corrected chi connectivity index (χ4v) is 2.35. The Bertz CT molecular complexity index is 628. The first kappa shape index (κ1) is 15.5. The largest absolute Gasteiger partial charge is 0.495 e. The fraction of sp³-hybridized carbons (Fsp3) is 0.250. The summed E-state index contributed by atoms with van der Waals surface area (Å²) in [6.45, 7) is 0. The van der Waals surface area contributed by atoms with Gasteiger partial charge in [0.1, 0.15) is 11.9 Å². The summed E-state index contributed by atoms with van der Waals surface area (Å²) in [4.78, 5) is 0. The van der Waals surface area contributed by atoms with E-state index in [2.05, 4.69) is 0 Å². The number of hydrogen-bond acceptors (Lipinski definition) is 4. The van der Waals surface area contributed by atoms with Gasteiger partial charge in [0.15, 0.2) is 11.5 Å². The first-order valence-electron chi connectivity index (χ1n) is 6.34. The topological polar surface area (TPSA) is 47.9 Å². The number of halogens is 1. The van der Waals surface area contributed by atoms with Crippen molar-refractivity contribution in [3.05, 3.63) is 52.5 Å². The summed E-state index contributed by atoms with van der Waals surface area (Å²) in [5.41, 5.74) is 1.27. The Morgan fingerprint density at radius 3 is 2.29 bits per heavy atom. The van der Waals surface area contributed by atoms with E-state index in [0.717, 1.165) is 0 Å². The van der Waals surface area contributed by atoms with E-state index in [1.54, 1.807) is 43.5 Å². The van der Waals surface area contributed by atoms with Gasteiger partial charge >= 0.3 is 0 Å². The molecule has 0 amide bonds. The molecule has 2 aromatic rings. The molecule has 5 heteroatoms. The van der Waals surface area contributed by atoms with Crippen LogP contribution in [0.15, 0.2) is 36.4 Å². The number of para-hydroxylation sites is 1. The van der Waals surface area contributed by atoms with Gasteiger partial charge in [-0.05, 0) is 23.8 Å². The Kier molecular flexibility index (Phi) is 4.94. The number of ether oxygens (including phenoxy) is 3. The first-order valence-corrected chi connectivity index (χ1v) is 6.72. The van der Waals surface area contributed by atoms with Crippen molar-refractivity contribution in [1.82, 2.24) is 0 Å². The lowest BCUT2D eigenvalue weighted by atomic mass is 10.00. The minimum absolute atomic E-state index is 0.492. The van der Waals surface area contributed by atoms with Crippen LogP contribution in [-0.4, -0.2) is 26.4 Å². The standard InChI is InChI=1S/C16H17ClO4/c1-19-13-6-4-5-11(16(13)21-3)15(18)10-7-8-12(17)14(9-10)20-2/h4-9,15,18H,1-3H3. The second kappa shape index (κ2) is 6.70. The zero-order valence-corrected chi connectivity index (χ0v) is 12.8. The normalized spacial score (nSPS) is 11.9. The van der Waals surface area contributed by atoms with Crippen molar-refractivity contribution < 1.29 is 19.3 Å². The second-order valence-electron chi connectivity index (χ2n) is 4.38. The number of aliphatic hydroxyl groups excluding tert-OH is 1. The molecule has 1 unspecified atom stereocenters. The van der Waals surface area contributed by atoms with Crippen LogP contribution in [0.4, 0.5) is 0 Å². The van der Waals surface area contributed by atoms with E-state index in [9.17, 15) is 5.11 Å². The Morgan fingerprint density at radius 2 is 1.67 bits per heavy atom. The third-order valence-electron chi connectivity index (χ3n) is 3.22. The maximum atomic E-state index is 10.6. The smallest absolute Gasteiger partial charge is 0.166 e. The quantitative estimate of drug-likeness (QED) is 0.919. The minimum Gasteiger partial charge on any atom is -0.495 e. The van der Waals surface area contributed by atoms with E-state index in [4.69, 9.17) is 25.8 Å². The number of methoxy groups -OCH3 is 3. The fourth-order valence-electron chi connectivity index (χ4n) is 2.15. The van der Waals surface area contributed by atoms with Crippen LogP contribution in [0.25, 0.3) is 0 Å². The van der Waals surface area contributed by atoms with Crippen molar-refractivity contribution in [2.75, 3.05) is 21.3 Å². The van der Waals surface area contributed by atoms with Gasteiger partial charge in [0.25, 0.3) is 0 Å². The average Bonchev–Trinajstić information content (AvgIpc) is 2.53. The molecule has 0 fully saturated rings. The number of benzene rings is 2. The Labute approximate surface area is 128 Å². The Morgan fingerprint density at radius 1 is 0.952 bits per heavy atom. The van der Waals surface area contributed by atoms with Gasteiger partial charge in [0, 0.05) is 5.56 Å². The first-order chi connectivity index (χ1) is 10.1. The van der Waals surface area contributed by atoms with Gasteiger partial charge in [-0.25, -0.2) is 0 Å². The zero-order chi connectivity index (χ0) is 15.4. The molecule has 2 aromatic carbocycles. The molecule has 0 saturated heterocycles.